The SMILES string of the molecule is CCCCN1CCC(NC)C1=O. The molecule has 1 aliphatic heterocycles. The largest absolute Gasteiger partial charge is 0.341 e. The number of likely N-dealkylation sites (tertiary alicyclic amines) is 1. The zero-order valence-electron chi connectivity index (χ0n) is 7.97. The van der Waals surface area contributed by atoms with E-state index >= 15 is 0 Å². The molecule has 12 heavy (non-hydrogen) atoms. The van der Waals surface area contributed by atoms with Crippen LogP contribution in [0.2, 0.25) is 0 Å². The van der Waals surface area contributed by atoms with E-state index in [-0.39, 0.29) is 11.9 Å². The van der Waals surface area contributed by atoms with Crippen molar-refractivity contribution in [3.63, 3.8) is 0 Å². The summed E-state index contributed by atoms with van der Waals surface area (Å²) in [5.41, 5.74) is 0. The Balaban J connectivity index is 2.33. The molecule has 1 heterocycles. The van der Waals surface area contributed by atoms with Gasteiger partial charge >= 0.3 is 0 Å². The number of hydrogen-bond donors (Lipinski definition) is 1. The second-order valence-electron chi connectivity index (χ2n) is 3.31. The van der Waals surface area contributed by atoms with Crippen LogP contribution >= 0.6 is 0 Å². The summed E-state index contributed by atoms with van der Waals surface area (Å²) in [6.45, 7) is 4.02. The van der Waals surface area contributed by atoms with Gasteiger partial charge < -0.3 is 10.2 Å². The predicted octanol–water partition coefficient (Wildman–Crippen LogP) is 0.607. The van der Waals surface area contributed by atoms with Crippen molar-refractivity contribution in [1.29, 1.82) is 0 Å². The van der Waals surface area contributed by atoms with Gasteiger partial charge in [0, 0.05) is 13.1 Å². The molecule has 0 aromatic carbocycles. The molecule has 1 atom stereocenters. The topological polar surface area (TPSA) is 32.3 Å². The van der Waals surface area contributed by atoms with Gasteiger partial charge in [-0.3, -0.25) is 4.79 Å². The first-order valence-corrected chi connectivity index (χ1v) is 4.75. The monoisotopic (exact) mass is 170 g/mol. The van der Waals surface area contributed by atoms with Crippen LogP contribution in [0.25, 0.3) is 0 Å². The number of likely N-dealkylation sites (N-methyl/N-ethyl adjacent to an activating group) is 1. The van der Waals surface area contributed by atoms with Crippen molar-refractivity contribution >= 4 is 5.91 Å². The quantitative estimate of drug-likeness (QED) is 0.670. The van der Waals surface area contributed by atoms with E-state index in [0.717, 1.165) is 32.4 Å². The van der Waals surface area contributed by atoms with E-state index in [1.807, 2.05) is 11.9 Å². The third kappa shape index (κ3) is 1.97. The van der Waals surface area contributed by atoms with Crippen LogP contribution in [-0.4, -0.2) is 37.0 Å². The van der Waals surface area contributed by atoms with Gasteiger partial charge in [-0.1, -0.05) is 13.3 Å². The average molecular weight is 170 g/mol. The molecule has 0 bridgehead atoms. The Morgan fingerprint density at radius 2 is 2.42 bits per heavy atom. The summed E-state index contributed by atoms with van der Waals surface area (Å²) in [5.74, 6) is 0.283. The van der Waals surface area contributed by atoms with Crippen molar-refractivity contribution in [2.45, 2.75) is 32.2 Å². The van der Waals surface area contributed by atoms with Crippen LogP contribution in [0.1, 0.15) is 26.2 Å². The van der Waals surface area contributed by atoms with Crippen molar-refractivity contribution in [3.05, 3.63) is 0 Å². The van der Waals surface area contributed by atoms with Gasteiger partial charge in [-0.25, -0.2) is 0 Å². The Kier molecular flexibility index (Phi) is 3.53. The maximum Gasteiger partial charge on any atom is 0.239 e. The Bertz CT molecular complexity index is 159. The highest BCUT2D eigenvalue weighted by Crippen LogP contribution is 2.11. The zero-order valence-corrected chi connectivity index (χ0v) is 7.97. The summed E-state index contributed by atoms with van der Waals surface area (Å²) < 4.78 is 0. The molecule has 1 amide bonds. The lowest BCUT2D eigenvalue weighted by Gasteiger charge is -2.15. The average Bonchev–Trinajstić information content (AvgIpc) is 2.43. The summed E-state index contributed by atoms with van der Waals surface area (Å²) in [6.07, 6.45) is 3.26. The van der Waals surface area contributed by atoms with Crippen LogP contribution in [0.3, 0.4) is 0 Å². The van der Waals surface area contributed by atoms with E-state index in [0.29, 0.717) is 0 Å². The molecule has 70 valence electrons. The molecular weight excluding hydrogens is 152 g/mol. The van der Waals surface area contributed by atoms with E-state index in [4.69, 9.17) is 0 Å². The van der Waals surface area contributed by atoms with Crippen molar-refractivity contribution in [2.75, 3.05) is 20.1 Å². The normalized spacial score (nSPS) is 23.7. The number of hydrogen-bond acceptors (Lipinski definition) is 2. The first-order chi connectivity index (χ1) is 5.79. The molecule has 0 aromatic heterocycles. The Labute approximate surface area is 74.1 Å². The Morgan fingerprint density at radius 3 is 2.92 bits per heavy atom. The maximum absolute atomic E-state index is 11.5. The lowest BCUT2D eigenvalue weighted by Crippen LogP contribution is -2.36. The van der Waals surface area contributed by atoms with Crippen molar-refractivity contribution in [2.24, 2.45) is 0 Å². The van der Waals surface area contributed by atoms with E-state index in [1.165, 1.54) is 0 Å². The number of carbonyl (C=O) groups excluding carboxylic acids is 1. The molecule has 1 unspecified atom stereocenters. The zero-order chi connectivity index (χ0) is 8.97. The molecule has 1 rings (SSSR count). The van der Waals surface area contributed by atoms with Gasteiger partial charge in [0.25, 0.3) is 0 Å². The van der Waals surface area contributed by atoms with E-state index in [2.05, 4.69) is 12.2 Å². The highest BCUT2D eigenvalue weighted by molar-refractivity contribution is 5.83. The number of unbranched alkanes of at least 4 members (excludes halogenated alkanes) is 1. The van der Waals surface area contributed by atoms with Crippen LogP contribution in [0, 0.1) is 0 Å². The van der Waals surface area contributed by atoms with Gasteiger partial charge in [-0.15, -0.1) is 0 Å². The van der Waals surface area contributed by atoms with Gasteiger partial charge in [-0.05, 0) is 19.9 Å². The van der Waals surface area contributed by atoms with Gasteiger partial charge in [0.1, 0.15) is 0 Å². The molecule has 3 nitrogen and oxygen atoms in total. The van der Waals surface area contributed by atoms with Gasteiger partial charge in [-0.2, -0.15) is 0 Å². The summed E-state index contributed by atoms with van der Waals surface area (Å²) in [7, 11) is 1.85. The van der Waals surface area contributed by atoms with Crippen LogP contribution < -0.4 is 5.32 Å². The molecule has 1 saturated heterocycles. The second kappa shape index (κ2) is 4.45. The van der Waals surface area contributed by atoms with Crippen molar-refractivity contribution in [3.8, 4) is 0 Å². The Hall–Kier alpha value is -0.570. The van der Waals surface area contributed by atoms with E-state index in [9.17, 15) is 4.79 Å². The summed E-state index contributed by atoms with van der Waals surface area (Å²) in [4.78, 5) is 13.5. The standard InChI is InChI=1S/C9H18N2O/c1-3-4-6-11-7-5-8(10-2)9(11)12/h8,10H,3-7H2,1-2H3. The first kappa shape index (κ1) is 9.52. The molecule has 0 saturated carbocycles. The fourth-order valence-electron chi connectivity index (χ4n) is 1.58. The van der Waals surface area contributed by atoms with E-state index in [1.54, 1.807) is 0 Å². The third-order valence-electron chi connectivity index (χ3n) is 2.43. The number of nitrogens with one attached hydrogen (secondary N) is 1. The summed E-state index contributed by atoms with van der Waals surface area (Å²) >= 11 is 0. The molecular formula is C9H18N2O. The molecule has 1 N–H and O–H groups in total. The minimum Gasteiger partial charge on any atom is -0.341 e. The lowest BCUT2D eigenvalue weighted by molar-refractivity contribution is -0.129. The maximum atomic E-state index is 11.5. The fourth-order valence-corrected chi connectivity index (χ4v) is 1.58. The molecule has 3 heteroatoms. The first-order valence-electron chi connectivity index (χ1n) is 4.75. The molecule has 0 radical (unpaired) electrons. The Morgan fingerprint density at radius 1 is 1.67 bits per heavy atom. The highest BCUT2D eigenvalue weighted by atomic mass is 16.2. The summed E-state index contributed by atoms with van der Waals surface area (Å²) in [6, 6.07) is 0.0851. The number of rotatable bonds is 4. The second-order valence-corrected chi connectivity index (χ2v) is 3.31. The molecule has 1 aliphatic rings. The van der Waals surface area contributed by atoms with Crippen LogP contribution in [0.5, 0.6) is 0 Å². The fraction of sp³-hybridized carbons (Fsp3) is 0.889. The molecule has 0 spiro atoms. The van der Waals surface area contributed by atoms with Crippen LogP contribution in [0.15, 0.2) is 0 Å². The van der Waals surface area contributed by atoms with E-state index < -0.39 is 0 Å². The summed E-state index contributed by atoms with van der Waals surface area (Å²) in [5, 5.41) is 3.03. The third-order valence-corrected chi connectivity index (χ3v) is 2.43. The number of nitrogens with zero attached hydrogens (tertiary/aromatic N) is 1. The minimum absolute atomic E-state index is 0.0851. The smallest absolute Gasteiger partial charge is 0.239 e. The van der Waals surface area contributed by atoms with Gasteiger partial charge in [0.2, 0.25) is 5.91 Å². The minimum atomic E-state index is 0.0851. The van der Waals surface area contributed by atoms with Crippen LogP contribution in [0.4, 0.5) is 0 Å². The molecule has 1 fully saturated rings. The predicted molar refractivity (Wildman–Crippen MR) is 49.0 cm³/mol. The number of amides is 1. The van der Waals surface area contributed by atoms with Crippen molar-refractivity contribution < 1.29 is 4.79 Å². The highest BCUT2D eigenvalue weighted by Gasteiger charge is 2.29. The van der Waals surface area contributed by atoms with Crippen LogP contribution in [-0.2, 0) is 4.79 Å². The van der Waals surface area contributed by atoms with Gasteiger partial charge in [0.15, 0.2) is 0 Å². The molecule has 0 aromatic rings. The lowest BCUT2D eigenvalue weighted by atomic mass is 10.2. The number of carbonyl (C=O) groups is 1. The van der Waals surface area contributed by atoms with Gasteiger partial charge in [0.05, 0.1) is 6.04 Å². The van der Waals surface area contributed by atoms with Crippen molar-refractivity contribution in [1.82, 2.24) is 10.2 Å². The molecule has 0 aliphatic carbocycles.